The second kappa shape index (κ2) is 14.3. The molecule has 1 aromatic carbocycles. The van der Waals surface area contributed by atoms with E-state index in [4.69, 9.17) is 30.9 Å². The summed E-state index contributed by atoms with van der Waals surface area (Å²) in [4.78, 5) is 17.6. The van der Waals surface area contributed by atoms with E-state index in [0.29, 0.717) is 18.7 Å². The zero-order valence-corrected chi connectivity index (χ0v) is 22.0. The summed E-state index contributed by atoms with van der Waals surface area (Å²) >= 11 is 5.98. The predicted octanol–water partition coefficient (Wildman–Crippen LogP) is 4.14. The number of hydrogen-bond donors (Lipinski definition) is 2. The lowest BCUT2D eigenvalue weighted by Gasteiger charge is -2.26. The topological polar surface area (TPSA) is 137 Å². The zero-order chi connectivity index (χ0) is 28.3. The van der Waals surface area contributed by atoms with E-state index in [9.17, 15) is 26.4 Å². The maximum Gasteiger partial charge on any atom is 0.431 e. The number of alkyl halides is 3. The number of nitrogens with zero attached hydrogens (tertiary/aromatic N) is 2. The monoisotopic (exact) mass is 585 g/mol. The van der Waals surface area contributed by atoms with Crippen LogP contribution in [0.25, 0.3) is 0 Å². The Balaban J connectivity index is 2.51. The summed E-state index contributed by atoms with van der Waals surface area (Å²) in [5, 5.41) is 8.38. The van der Waals surface area contributed by atoms with Crippen molar-refractivity contribution in [2.24, 2.45) is 0 Å². The summed E-state index contributed by atoms with van der Waals surface area (Å²) in [7, 11) is -3.11. The number of halogens is 4. The number of anilines is 1. The number of benzene rings is 1. The van der Waals surface area contributed by atoms with Gasteiger partial charge in [-0.1, -0.05) is 24.6 Å². The SMILES string of the molecule is CCCN(C(=O)OS(=O)(=O)NCCCO)c1c(OCCOC)cccc1Oc1ncc(C(F)(F)F)cc1Cl. The molecule has 0 spiro atoms. The van der Waals surface area contributed by atoms with E-state index in [0.717, 1.165) is 4.90 Å². The summed E-state index contributed by atoms with van der Waals surface area (Å²) < 4.78 is 86.5. The number of aliphatic hydroxyl groups excluding tert-OH is 1. The van der Waals surface area contributed by atoms with Crippen LogP contribution in [0, 0.1) is 0 Å². The van der Waals surface area contributed by atoms with E-state index in [1.165, 1.54) is 25.3 Å². The van der Waals surface area contributed by atoms with Crippen LogP contribution in [0.3, 0.4) is 0 Å². The first kappa shape index (κ1) is 31.4. The standard InChI is InChI=1S/C22H27ClF3N3O8S/c1-3-9-29(21(31)37-38(32,33)28-8-5-10-30)19-17(35-12-11-34-2)6-4-7-18(19)36-20-16(23)13-15(14-27-20)22(24,25)26/h4,6-7,13-14,28,30H,3,5,8-12H2,1-2H3. The molecule has 2 N–H and O–H groups in total. The van der Waals surface area contributed by atoms with Crippen LogP contribution in [0.4, 0.5) is 23.7 Å². The molecule has 0 aliphatic heterocycles. The van der Waals surface area contributed by atoms with Gasteiger partial charge in [0.15, 0.2) is 5.75 Å². The summed E-state index contributed by atoms with van der Waals surface area (Å²) in [5.41, 5.74) is -1.18. The lowest BCUT2D eigenvalue weighted by molar-refractivity contribution is -0.137. The molecule has 0 saturated carbocycles. The molecule has 0 unspecified atom stereocenters. The molecular formula is C22H27ClF3N3O8S. The number of aromatic nitrogens is 1. The van der Waals surface area contributed by atoms with E-state index >= 15 is 0 Å². The molecule has 2 rings (SSSR count). The Morgan fingerprint density at radius 1 is 1.24 bits per heavy atom. The van der Waals surface area contributed by atoms with Gasteiger partial charge in [-0.3, -0.25) is 4.90 Å². The molecule has 1 heterocycles. The summed E-state index contributed by atoms with van der Waals surface area (Å²) in [6.45, 7) is 1.37. The second-order valence-corrected chi connectivity index (χ2v) is 9.25. The van der Waals surface area contributed by atoms with Gasteiger partial charge in [-0.25, -0.2) is 9.78 Å². The molecule has 0 aliphatic rings. The van der Waals surface area contributed by atoms with Crippen LogP contribution in [0.5, 0.6) is 17.4 Å². The first-order valence-corrected chi connectivity index (χ1v) is 13.0. The van der Waals surface area contributed by atoms with Gasteiger partial charge in [0, 0.05) is 33.0 Å². The molecule has 0 saturated heterocycles. The Labute approximate surface area is 222 Å². The molecule has 0 atom stereocenters. The van der Waals surface area contributed by atoms with Crippen LogP contribution in [-0.4, -0.2) is 64.6 Å². The molecule has 1 amide bonds. The number of carbonyl (C=O) groups excluding carboxylic acids is 1. The fourth-order valence-electron chi connectivity index (χ4n) is 2.92. The van der Waals surface area contributed by atoms with Crippen LogP contribution in [0.2, 0.25) is 5.02 Å². The molecule has 0 radical (unpaired) electrons. The zero-order valence-electron chi connectivity index (χ0n) is 20.5. The lowest BCUT2D eigenvalue weighted by Crippen LogP contribution is -2.38. The normalized spacial score (nSPS) is 11.8. The Hall–Kier alpha value is -2.85. The largest absolute Gasteiger partial charge is 0.489 e. The van der Waals surface area contributed by atoms with Gasteiger partial charge in [-0.2, -0.15) is 26.3 Å². The molecular weight excluding hydrogens is 559 g/mol. The van der Waals surface area contributed by atoms with E-state index in [2.05, 4.69) is 9.17 Å². The van der Waals surface area contributed by atoms with Gasteiger partial charge in [0.25, 0.3) is 0 Å². The van der Waals surface area contributed by atoms with Crippen molar-refractivity contribution >= 4 is 33.7 Å². The van der Waals surface area contributed by atoms with Gasteiger partial charge in [0.1, 0.15) is 23.1 Å². The van der Waals surface area contributed by atoms with Crippen molar-refractivity contribution in [2.75, 3.05) is 44.9 Å². The molecule has 0 aliphatic carbocycles. The number of carbonyl (C=O) groups is 1. The van der Waals surface area contributed by atoms with Crippen molar-refractivity contribution < 1.29 is 49.9 Å². The first-order chi connectivity index (χ1) is 17.9. The third-order valence-electron chi connectivity index (χ3n) is 4.58. The Morgan fingerprint density at radius 2 is 1.95 bits per heavy atom. The Kier molecular flexibility index (Phi) is 11.8. The van der Waals surface area contributed by atoms with Gasteiger partial charge in [0.05, 0.1) is 12.2 Å². The number of pyridine rings is 1. The molecule has 11 nitrogen and oxygen atoms in total. The van der Waals surface area contributed by atoms with Crippen molar-refractivity contribution in [3.8, 4) is 17.4 Å². The fourth-order valence-corrected chi connectivity index (χ4v) is 3.86. The molecule has 38 heavy (non-hydrogen) atoms. The highest BCUT2D eigenvalue weighted by Crippen LogP contribution is 2.42. The van der Waals surface area contributed by atoms with Crippen molar-refractivity contribution in [3.63, 3.8) is 0 Å². The van der Waals surface area contributed by atoms with Crippen LogP contribution in [0.1, 0.15) is 25.3 Å². The highest BCUT2D eigenvalue weighted by Gasteiger charge is 2.33. The third kappa shape index (κ3) is 9.16. The van der Waals surface area contributed by atoms with Gasteiger partial charge in [0.2, 0.25) is 5.88 Å². The Morgan fingerprint density at radius 3 is 2.55 bits per heavy atom. The van der Waals surface area contributed by atoms with Gasteiger partial charge in [-0.15, -0.1) is 0 Å². The van der Waals surface area contributed by atoms with Crippen molar-refractivity contribution in [2.45, 2.75) is 25.9 Å². The van der Waals surface area contributed by atoms with E-state index in [1.807, 2.05) is 4.72 Å². The maximum absolute atomic E-state index is 13.0. The number of amides is 1. The molecule has 16 heteroatoms. The van der Waals surface area contributed by atoms with Crippen molar-refractivity contribution in [3.05, 3.63) is 41.0 Å². The highest BCUT2D eigenvalue weighted by atomic mass is 35.5. The quantitative estimate of drug-likeness (QED) is 0.313. The first-order valence-electron chi connectivity index (χ1n) is 11.2. The minimum absolute atomic E-state index is 0.0300. The number of nitrogens with one attached hydrogen (secondary N) is 1. The van der Waals surface area contributed by atoms with Gasteiger partial charge < -0.3 is 23.5 Å². The third-order valence-corrected chi connectivity index (χ3v) is 5.77. The average molecular weight is 586 g/mol. The minimum atomic E-state index is -4.69. The summed E-state index contributed by atoms with van der Waals surface area (Å²) in [6.07, 6.45) is -5.05. The fraction of sp³-hybridized carbons (Fsp3) is 0.455. The van der Waals surface area contributed by atoms with Crippen molar-refractivity contribution in [1.82, 2.24) is 9.71 Å². The predicted molar refractivity (Wildman–Crippen MR) is 131 cm³/mol. The molecule has 0 fully saturated rings. The summed E-state index contributed by atoms with van der Waals surface area (Å²) in [5.74, 6) is -0.484. The van der Waals surface area contributed by atoms with Crippen molar-refractivity contribution in [1.29, 1.82) is 0 Å². The highest BCUT2D eigenvalue weighted by molar-refractivity contribution is 7.85. The average Bonchev–Trinajstić information content (AvgIpc) is 2.83. The number of rotatable bonds is 14. The van der Waals surface area contributed by atoms with Gasteiger partial charge >= 0.3 is 22.6 Å². The van der Waals surface area contributed by atoms with Crippen LogP contribution in [0.15, 0.2) is 30.5 Å². The van der Waals surface area contributed by atoms with Gasteiger partial charge in [-0.05, 0) is 31.0 Å². The van der Waals surface area contributed by atoms with E-state index < -0.39 is 39.0 Å². The molecule has 0 bridgehead atoms. The molecule has 212 valence electrons. The number of aliphatic hydroxyl groups is 1. The van der Waals surface area contributed by atoms with E-state index in [1.54, 1.807) is 6.92 Å². The molecule has 2 aromatic rings. The Bertz CT molecular complexity index is 1180. The lowest BCUT2D eigenvalue weighted by atomic mass is 10.2. The minimum Gasteiger partial charge on any atom is -0.489 e. The van der Waals surface area contributed by atoms with Crippen LogP contribution in [-0.2, 0) is 25.4 Å². The smallest absolute Gasteiger partial charge is 0.431 e. The number of methoxy groups -OCH3 is 1. The van der Waals surface area contributed by atoms with Crippen LogP contribution < -0.4 is 19.1 Å². The number of para-hydroxylation sites is 1. The number of ether oxygens (including phenoxy) is 3. The van der Waals surface area contributed by atoms with E-state index in [-0.39, 0.29) is 56.5 Å². The van der Waals surface area contributed by atoms with Crippen LogP contribution >= 0.6 is 11.6 Å². The molecule has 1 aromatic heterocycles. The maximum atomic E-state index is 13.0. The number of hydrogen-bond acceptors (Lipinski definition) is 9. The second-order valence-electron chi connectivity index (χ2n) is 7.48. The summed E-state index contributed by atoms with van der Waals surface area (Å²) in [6, 6.07) is 4.93.